The van der Waals surface area contributed by atoms with Gasteiger partial charge in [-0.05, 0) is 108 Å². The fourth-order valence-corrected chi connectivity index (χ4v) is 9.02. The standard InChI is InChI=1S/C50H36O/c1-5-43-48(32-17-7-6-16-30(32)2)40-27-26-31(28-44(40)50(43,3)4)46-35-20-9-11-22-37(35)47(38-23-12-10-21-36(38)46)41-29-42-34-19-14-15-25-45(34)51-49(42)39-24-13-8-18-33(39)41/h5-29H,1H2,2-4H3. The zero-order valence-corrected chi connectivity index (χ0v) is 29.0. The van der Waals surface area contributed by atoms with E-state index in [2.05, 4.69) is 173 Å². The van der Waals surface area contributed by atoms with Gasteiger partial charge in [-0.25, -0.2) is 0 Å². The summed E-state index contributed by atoms with van der Waals surface area (Å²) in [5, 5.41) is 9.60. The van der Waals surface area contributed by atoms with Gasteiger partial charge < -0.3 is 4.42 Å². The second kappa shape index (κ2) is 10.9. The number of fused-ring (bicyclic) bond motifs is 8. The first-order valence-electron chi connectivity index (χ1n) is 17.8. The number of benzene rings is 8. The number of hydrogen-bond donors (Lipinski definition) is 0. The van der Waals surface area contributed by atoms with E-state index in [9.17, 15) is 0 Å². The van der Waals surface area contributed by atoms with Gasteiger partial charge in [-0.1, -0.05) is 154 Å². The Morgan fingerprint density at radius 1 is 0.510 bits per heavy atom. The Labute approximate surface area is 297 Å². The minimum atomic E-state index is -0.196. The number of hydrogen-bond acceptors (Lipinski definition) is 1. The molecule has 0 unspecified atom stereocenters. The van der Waals surface area contributed by atoms with Gasteiger partial charge in [0.25, 0.3) is 0 Å². The van der Waals surface area contributed by atoms with E-state index >= 15 is 0 Å². The van der Waals surface area contributed by atoms with E-state index in [1.807, 2.05) is 6.07 Å². The molecule has 1 nitrogen and oxygen atoms in total. The molecule has 0 aliphatic heterocycles. The normalized spacial score (nSPS) is 13.9. The summed E-state index contributed by atoms with van der Waals surface area (Å²) in [4.78, 5) is 0. The Hall–Kier alpha value is -6.18. The molecule has 0 N–H and O–H groups in total. The number of aryl methyl sites for hydroxylation is 1. The summed E-state index contributed by atoms with van der Waals surface area (Å²) in [6, 6.07) is 53.3. The summed E-state index contributed by atoms with van der Waals surface area (Å²) < 4.78 is 6.51. The molecule has 1 aliphatic rings. The lowest BCUT2D eigenvalue weighted by atomic mass is 9.79. The second-order valence-corrected chi connectivity index (χ2v) is 14.5. The van der Waals surface area contributed by atoms with E-state index in [4.69, 9.17) is 4.42 Å². The molecular formula is C50H36O. The number of allylic oxidation sites excluding steroid dienone is 2. The van der Waals surface area contributed by atoms with Crippen molar-refractivity contribution in [3.05, 3.63) is 186 Å². The maximum atomic E-state index is 6.51. The Balaban J connectivity index is 1.28. The molecule has 1 heterocycles. The van der Waals surface area contributed by atoms with Gasteiger partial charge in [0.15, 0.2) is 0 Å². The highest BCUT2D eigenvalue weighted by molar-refractivity contribution is 6.27. The molecule has 8 aromatic carbocycles. The number of para-hydroxylation sites is 1. The van der Waals surface area contributed by atoms with Crippen molar-refractivity contribution < 1.29 is 4.42 Å². The molecule has 0 radical (unpaired) electrons. The van der Waals surface area contributed by atoms with Crippen LogP contribution in [-0.2, 0) is 5.41 Å². The molecule has 9 aromatic rings. The quantitative estimate of drug-likeness (QED) is 0.172. The summed E-state index contributed by atoms with van der Waals surface area (Å²) in [5.74, 6) is 0. The molecule has 0 amide bonds. The van der Waals surface area contributed by atoms with Crippen molar-refractivity contribution in [1.82, 2.24) is 0 Å². The van der Waals surface area contributed by atoms with Gasteiger partial charge in [-0.2, -0.15) is 0 Å². The van der Waals surface area contributed by atoms with Crippen molar-refractivity contribution in [1.29, 1.82) is 0 Å². The number of rotatable bonds is 4. The summed E-state index contributed by atoms with van der Waals surface area (Å²) >= 11 is 0. The van der Waals surface area contributed by atoms with Crippen LogP contribution in [0.15, 0.2) is 168 Å². The summed E-state index contributed by atoms with van der Waals surface area (Å²) in [6.07, 6.45) is 2.07. The summed E-state index contributed by atoms with van der Waals surface area (Å²) in [7, 11) is 0. The van der Waals surface area contributed by atoms with E-state index in [0.717, 1.165) is 27.3 Å². The van der Waals surface area contributed by atoms with E-state index in [1.54, 1.807) is 0 Å². The summed E-state index contributed by atoms with van der Waals surface area (Å²) in [6.45, 7) is 11.2. The van der Waals surface area contributed by atoms with Crippen molar-refractivity contribution in [2.24, 2.45) is 0 Å². The van der Waals surface area contributed by atoms with Gasteiger partial charge in [0, 0.05) is 21.6 Å². The summed E-state index contributed by atoms with van der Waals surface area (Å²) in [5.41, 5.74) is 14.4. The van der Waals surface area contributed by atoms with Crippen LogP contribution in [0.5, 0.6) is 0 Å². The largest absolute Gasteiger partial charge is 0.455 e. The Morgan fingerprint density at radius 3 is 1.75 bits per heavy atom. The van der Waals surface area contributed by atoms with E-state index in [0.29, 0.717) is 0 Å². The van der Waals surface area contributed by atoms with Crippen LogP contribution in [0.3, 0.4) is 0 Å². The maximum absolute atomic E-state index is 6.51. The molecule has 1 aromatic heterocycles. The van der Waals surface area contributed by atoms with E-state index in [-0.39, 0.29) is 5.41 Å². The van der Waals surface area contributed by atoms with Crippen molar-refractivity contribution in [3.63, 3.8) is 0 Å². The van der Waals surface area contributed by atoms with Crippen LogP contribution >= 0.6 is 0 Å². The molecule has 1 aliphatic carbocycles. The zero-order valence-electron chi connectivity index (χ0n) is 29.0. The molecule has 1 heteroatoms. The number of furan rings is 1. The SMILES string of the molecule is C=CC1=C(c2ccccc2C)c2ccc(-c3c4ccccc4c(-c4cc5c6ccccc6oc5c5ccccc45)c4ccccc34)cc2C1(C)C. The molecule has 0 saturated heterocycles. The second-order valence-electron chi connectivity index (χ2n) is 14.5. The average molecular weight is 653 g/mol. The van der Waals surface area contributed by atoms with Gasteiger partial charge in [-0.3, -0.25) is 0 Å². The van der Waals surface area contributed by atoms with Crippen LogP contribution in [0.1, 0.15) is 36.1 Å². The first-order chi connectivity index (χ1) is 25.0. The highest BCUT2D eigenvalue weighted by Gasteiger charge is 2.37. The molecule has 0 spiro atoms. The van der Waals surface area contributed by atoms with Gasteiger partial charge in [0.2, 0.25) is 0 Å². The Morgan fingerprint density at radius 2 is 1.08 bits per heavy atom. The van der Waals surface area contributed by atoms with E-state index < -0.39 is 0 Å². The fourth-order valence-electron chi connectivity index (χ4n) is 9.02. The van der Waals surface area contributed by atoms with Crippen LogP contribution < -0.4 is 0 Å². The fraction of sp³-hybridized carbons (Fsp3) is 0.0800. The predicted octanol–water partition coefficient (Wildman–Crippen LogP) is 14.0. The van der Waals surface area contributed by atoms with Crippen molar-refractivity contribution >= 4 is 59.8 Å². The van der Waals surface area contributed by atoms with Crippen molar-refractivity contribution in [2.75, 3.05) is 0 Å². The molecule has 0 atom stereocenters. The third kappa shape index (κ3) is 4.15. The van der Waals surface area contributed by atoms with E-state index in [1.165, 1.54) is 82.6 Å². The van der Waals surface area contributed by atoms with Crippen LogP contribution in [0.4, 0.5) is 0 Å². The molecular weight excluding hydrogens is 617 g/mol. The van der Waals surface area contributed by atoms with Gasteiger partial charge in [-0.15, -0.1) is 0 Å². The highest BCUT2D eigenvalue weighted by Crippen LogP contribution is 2.52. The first kappa shape index (κ1) is 29.7. The molecule has 0 bridgehead atoms. The molecule has 0 fully saturated rings. The van der Waals surface area contributed by atoms with Crippen LogP contribution in [0.25, 0.3) is 82.1 Å². The first-order valence-corrected chi connectivity index (χ1v) is 17.8. The third-order valence-corrected chi connectivity index (χ3v) is 11.4. The predicted molar refractivity (Wildman–Crippen MR) is 218 cm³/mol. The van der Waals surface area contributed by atoms with Crippen molar-refractivity contribution in [2.45, 2.75) is 26.2 Å². The highest BCUT2D eigenvalue weighted by atomic mass is 16.3. The van der Waals surface area contributed by atoms with Gasteiger partial charge in [0.1, 0.15) is 11.2 Å². The monoisotopic (exact) mass is 652 g/mol. The maximum Gasteiger partial charge on any atom is 0.143 e. The molecule has 10 rings (SSSR count). The lowest BCUT2D eigenvalue weighted by molar-refractivity contribution is 0.655. The topological polar surface area (TPSA) is 13.1 Å². The smallest absolute Gasteiger partial charge is 0.143 e. The third-order valence-electron chi connectivity index (χ3n) is 11.4. The Kier molecular flexibility index (Phi) is 6.36. The lowest BCUT2D eigenvalue weighted by Gasteiger charge is -2.24. The molecule has 0 saturated carbocycles. The van der Waals surface area contributed by atoms with Crippen LogP contribution in [0, 0.1) is 6.92 Å². The van der Waals surface area contributed by atoms with Crippen LogP contribution in [-0.4, -0.2) is 0 Å². The van der Waals surface area contributed by atoms with Gasteiger partial charge in [0.05, 0.1) is 0 Å². The minimum Gasteiger partial charge on any atom is -0.455 e. The molecule has 51 heavy (non-hydrogen) atoms. The lowest BCUT2D eigenvalue weighted by Crippen LogP contribution is -2.16. The minimum absolute atomic E-state index is 0.196. The average Bonchev–Trinajstić information content (AvgIpc) is 3.65. The van der Waals surface area contributed by atoms with Crippen molar-refractivity contribution in [3.8, 4) is 22.3 Å². The Bertz CT molecular complexity index is 2910. The van der Waals surface area contributed by atoms with Gasteiger partial charge >= 0.3 is 0 Å². The zero-order chi connectivity index (χ0) is 34.4. The van der Waals surface area contributed by atoms with Crippen LogP contribution in [0.2, 0.25) is 0 Å². The molecule has 242 valence electrons.